The van der Waals surface area contributed by atoms with Crippen molar-refractivity contribution >= 4 is 0 Å². The van der Waals surface area contributed by atoms with Crippen LogP contribution in [0.1, 0.15) is 65.2 Å². The lowest BCUT2D eigenvalue weighted by atomic mass is 9.73. The summed E-state index contributed by atoms with van der Waals surface area (Å²) in [6.45, 7) is 9.63. The average molecular weight is 409 g/mol. The molecule has 0 aromatic heterocycles. The van der Waals surface area contributed by atoms with Gasteiger partial charge in [0.2, 0.25) is 0 Å². The Labute approximate surface area is 176 Å². The van der Waals surface area contributed by atoms with Gasteiger partial charge in [-0.3, -0.25) is 0 Å². The molecule has 2 saturated carbocycles. The Balaban J connectivity index is 0.000000125. The second-order valence-electron chi connectivity index (χ2n) is 10.8. The molecule has 2 aliphatic carbocycles. The van der Waals surface area contributed by atoms with E-state index >= 15 is 0 Å². The van der Waals surface area contributed by atoms with E-state index in [1.807, 2.05) is 0 Å². The predicted molar refractivity (Wildman–Crippen MR) is 110 cm³/mol. The molecule has 4 heterocycles. The van der Waals surface area contributed by atoms with Crippen molar-refractivity contribution in [1.29, 1.82) is 0 Å². The van der Waals surface area contributed by atoms with Crippen molar-refractivity contribution in [1.82, 2.24) is 0 Å². The topological polar surface area (TPSA) is 52.8 Å². The first-order valence-electron chi connectivity index (χ1n) is 12.2. The molecule has 0 spiro atoms. The third-order valence-corrected chi connectivity index (χ3v) is 8.71. The maximum absolute atomic E-state index is 5.87. The van der Waals surface area contributed by atoms with E-state index in [-0.39, 0.29) is 0 Å². The summed E-state index contributed by atoms with van der Waals surface area (Å²) in [5, 5.41) is 0. The van der Waals surface area contributed by atoms with E-state index in [1.165, 1.54) is 38.5 Å². The fourth-order valence-corrected chi connectivity index (χ4v) is 5.77. The molecule has 29 heavy (non-hydrogen) atoms. The summed E-state index contributed by atoms with van der Waals surface area (Å²) in [4.78, 5) is 0. The van der Waals surface area contributed by atoms with Gasteiger partial charge in [0.15, 0.2) is 0 Å². The Bertz CT molecular complexity index is 498. The molecule has 0 bridgehead atoms. The Kier molecular flexibility index (Phi) is 5.98. The van der Waals surface area contributed by atoms with Crippen LogP contribution in [-0.4, -0.2) is 64.1 Å². The molecule has 5 heteroatoms. The van der Waals surface area contributed by atoms with Crippen LogP contribution in [-0.2, 0) is 23.7 Å². The maximum Gasteiger partial charge on any atom is 0.0844 e. The van der Waals surface area contributed by atoms with Crippen LogP contribution in [0.25, 0.3) is 0 Å². The minimum absolute atomic E-state index is 0.319. The van der Waals surface area contributed by atoms with Crippen LogP contribution in [0.2, 0.25) is 0 Å². The van der Waals surface area contributed by atoms with Gasteiger partial charge in [-0.1, -0.05) is 13.8 Å². The first kappa shape index (κ1) is 20.7. The van der Waals surface area contributed by atoms with E-state index in [4.69, 9.17) is 23.7 Å². The van der Waals surface area contributed by atoms with Crippen LogP contribution >= 0.6 is 0 Å². The van der Waals surface area contributed by atoms with E-state index < -0.39 is 0 Å². The molecule has 4 aliphatic heterocycles. The molecular weight excluding hydrogens is 368 g/mol. The molecular formula is C24H40O5. The smallest absolute Gasteiger partial charge is 0.0844 e. The maximum atomic E-state index is 5.87. The van der Waals surface area contributed by atoms with Crippen molar-refractivity contribution < 1.29 is 23.7 Å². The van der Waals surface area contributed by atoms with E-state index in [0.717, 1.165) is 64.3 Å². The van der Waals surface area contributed by atoms with Gasteiger partial charge in [0.05, 0.1) is 64.1 Å². The zero-order chi connectivity index (χ0) is 19.9. The molecule has 0 aromatic rings. The van der Waals surface area contributed by atoms with E-state index in [9.17, 15) is 0 Å². The monoisotopic (exact) mass is 408 g/mol. The molecule has 0 radical (unpaired) electrons. The van der Waals surface area contributed by atoms with Crippen molar-refractivity contribution in [3.63, 3.8) is 0 Å². The highest BCUT2D eigenvalue weighted by Gasteiger charge is 2.50. The lowest BCUT2D eigenvalue weighted by molar-refractivity contribution is -0.187. The van der Waals surface area contributed by atoms with Crippen LogP contribution in [0, 0.1) is 22.7 Å². The van der Waals surface area contributed by atoms with Crippen LogP contribution < -0.4 is 0 Å². The van der Waals surface area contributed by atoms with Crippen LogP contribution in [0.15, 0.2) is 0 Å². The Hall–Kier alpha value is -0.200. The molecule has 0 N–H and O–H groups in total. The predicted octanol–water partition coefficient (Wildman–Crippen LogP) is 3.98. The van der Waals surface area contributed by atoms with Gasteiger partial charge < -0.3 is 23.7 Å². The second kappa shape index (κ2) is 8.38. The molecule has 166 valence electrons. The van der Waals surface area contributed by atoms with Crippen LogP contribution in [0.5, 0.6) is 0 Å². The van der Waals surface area contributed by atoms with Gasteiger partial charge in [0, 0.05) is 10.8 Å². The highest BCUT2D eigenvalue weighted by Crippen LogP contribution is 2.49. The lowest BCUT2D eigenvalue weighted by Gasteiger charge is -2.44. The number of hydrogen-bond acceptors (Lipinski definition) is 5. The van der Waals surface area contributed by atoms with Crippen molar-refractivity contribution in [2.24, 2.45) is 22.7 Å². The lowest BCUT2D eigenvalue weighted by Crippen LogP contribution is -2.49. The van der Waals surface area contributed by atoms with Crippen LogP contribution in [0.3, 0.4) is 0 Å². The van der Waals surface area contributed by atoms with Gasteiger partial charge in [-0.15, -0.1) is 0 Å². The summed E-state index contributed by atoms with van der Waals surface area (Å²) in [6, 6.07) is 0. The molecule has 6 rings (SSSR count). The van der Waals surface area contributed by atoms with Gasteiger partial charge in [-0.2, -0.15) is 0 Å². The van der Waals surface area contributed by atoms with Crippen molar-refractivity contribution in [2.45, 2.75) is 89.6 Å². The Morgan fingerprint density at radius 3 is 1.41 bits per heavy atom. The molecule has 6 fully saturated rings. The first-order chi connectivity index (χ1) is 14.1. The zero-order valence-corrected chi connectivity index (χ0v) is 18.4. The van der Waals surface area contributed by atoms with Crippen molar-refractivity contribution in [2.75, 3.05) is 39.6 Å². The van der Waals surface area contributed by atoms with Gasteiger partial charge in [0.1, 0.15) is 0 Å². The summed E-state index contributed by atoms with van der Waals surface area (Å²) in [6.07, 6.45) is 13.2. The van der Waals surface area contributed by atoms with E-state index in [0.29, 0.717) is 35.2 Å². The molecule has 0 aromatic carbocycles. The van der Waals surface area contributed by atoms with Gasteiger partial charge in [-0.05, 0) is 63.2 Å². The number of epoxide rings is 2. The van der Waals surface area contributed by atoms with Gasteiger partial charge in [-0.25, -0.2) is 0 Å². The SMILES string of the molecule is C1CC2OC2CC1C1CCC2OC2C1.CCC1(COCC2(CC)COC2)COC1. The normalized spacial score (nSPS) is 42.8. The van der Waals surface area contributed by atoms with E-state index in [2.05, 4.69) is 13.8 Å². The zero-order valence-electron chi connectivity index (χ0n) is 18.4. The number of rotatable bonds is 7. The fourth-order valence-electron chi connectivity index (χ4n) is 5.77. The number of ether oxygens (including phenoxy) is 5. The number of fused-ring (bicyclic) bond motifs is 2. The molecule has 6 aliphatic rings. The third-order valence-electron chi connectivity index (χ3n) is 8.71. The number of hydrogen-bond donors (Lipinski definition) is 0. The second-order valence-corrected chi connectivity index (χ2v) is 10.8. The molecule has 5 nitrogen and oxygen atoms in total. The van der Waals surface area contributed by atoms with Gasteiger partial charge in [0.25, 0.3) is 0 Å². The van der Waals surface area contributed by atoms with Gasteiger partial charge >= 0.3 is 0 Å². The Morgan fingerprint density at radius 2 is 1.10 bits per heavy atom. The molecule has 0 amide bonds. The minimum Gasteiger partial charge on any atom is -0.380 e. The minimum atomic E-state index is 0.319. The highest BCUT2D eigenvalue weighted by molar-refractivity contribution is 4.98. The summed E-state index contributed by atoms with van der Waals surface area (Å²) in [5.74, 6) is 1.92. The molecule has 6 atom stereocenters. The largest absolute Gasteiger partial charge is 0.380 e. The Morgan fingerprint density at radius 1 is 0.655 bits per heavy atom. The fraction of sp³-hybridized carbons (Fsp3) is 1.00. The highest BCUT2D eigenvalue weighted by atomic mass is 16.6. The molecule has 6 unspecified atom stereocenters. The first-order valence-corrected chi connectivity index (χ1v) is 12.2. The summed E-state index contributed by atoms with van der Waals surface area (Å²) in [5.41, 5.74) is 0.638. The third kappa shape index (κ3) is 4.55. The quantitative estimate of drug-likeness (QED) is 0.597. The van der Waals surface area contributed by atoms with Crippen LogP contribution in [0.4, 0.5) is 0 Å². The average Bonchev–Trinajstić information content (AvgIpc) is 3.59. The van der Waals surface area contributed by atoms with E-state index in [1.54, 1.807) is 0 Å². The summed E-state index contributed by atoms with van der Waals surface area (Å²) in [7, 11) is 0. The van der Waals surface area contributed by atoms with Crippen molar-refractivity contribution in [3.05, 3.63) is 0 Å². The molecule has 4 saturated heterocycles. The summed E-state index contributed by atoms with van der Waals surface area (Å²) < 4.78 is 27.6. The standard InChI is InChI=1S/C12H22O3.C12H18O2/c1-3-11(5-13-6-11)9-15-10-12(4-2)7-14-8-12;1-3-9-11(13-9)5-7(1)8-2-4-10-12(6-8)14-10/h3-10H2,1-2H3;7-12H,1-6H2. The summed E-state index contributed by atoms with van der Waals surface area (Å²) >= 11 is 0. The van der Waals surface area contributed by atoms with Crippen molar-refractivity contribution in [3.8, 4) is 0 Å².